The molecule has 0 bridgehead atoms. The fraction of sp³-hybridized carbons (Fsp3) is 0.167. The van der Waals surface area contributed by atoms with Crippen LogP contribution in [0.25, 0.3) is 0 Å². The van der Waals surface area contributed by atoms with Crippen LogP contribution in [-0.4, -0.2) is 18.4 Å². The molecule has 122 valence electrons. The minimum atomic E-state index is -0.292. The number of hydrogen-bond donors (Lipinski definition) is 1. The number of amides is 2. The number of rotatable bonds is 4. The summed E-state index contributed by atoms with van der Waals surface area (Å²) in [5.74, 6) is -0.539. The second-order valence-electron chi connectivity index (χ2n) is 5.27. The molecule has 0 atom stereocenters. The highest BCUT2D eigenvalue weighted by Crippen LogP contribution is 2.20. The van der Waals surface area contributed by atoms with Crippen molar-refractivity contribution in [3.8, 4) is 6.07 Å². The molecule has 0 aliphatic carbocycles. The summed E-state index contributed by atoms with van der Waals surface area (Å²) in [6, 6.07) is 14.1. The van der Waals surface area contributed by atoms with Gasteiger partial charge in [0.05, 0.1) is 11.6 Å². The minimum absolute atomic E-state index is 0.100. The normalized spacial score (nSPS) is 9.92. The molecule has 6 heteroatoms. The van der Waals surface area contributed by atoms with Gasteiger partial charge in [-0.2, -0.15) is 5.26 Å². The van der Waals surface area contributed by atoms with Gasteiger partial charge in [0.2, 0.25) is 11.8 Å². The van der Waals surface area contributed by atoms with E-state index in [1.54, 1.807) is 30.3 Å². The monoisotopic (exact) mass is 385 g/mol. The Morgan fingerprint density at radius 2 is 1.88 bits per heavy atom. The Labute approximate surface area is 149 Å². The SMILES string of the molecule is CC(=O)N(CC(=O)Nc1ccc(Br)cc1C)c1ccc(C#N)cc1. The lowest BCUT2D eigenvalue weighted by Gasteiger charge is -2.21. The number of carbonyl (C=O) groups is 2. The lowest BCUT2D eigenvalue weighted by Crippen LogP contribution is -2.36. The number of hydrogen-bond acceptors (Lipinski definition) is 3. The third-order valence-corrected chi connectivity index (χ3v) is 3.95. The Balaban J connectivity index is 2.13. The van der Waals surface area contributed by atoms with E-state index in [0.717, 1.165) is 10.0 Å². The van der Waals surface area contributed by atoms with Crippen molar-refractivity contribution in [2.45, 2.75) is 13.8 Å². The topological polar surface area (TPSA) is 73.2 Å². The predicted molar refractivity (Wildman–Crippen MR) is 96.7 cm³/mol. The van der Waals surface area contributed by atoms with Gasteiger partial charge in [0.25, 0.3) is 0 Å². The quantitative estimate of drug-likeness (QED) is 0.872. The zero-order valence-electron chi connectivity index (χ0n) is 13.3. The molecule has 2 aromatic rings. The Hall–Kier alpha value is -2.65. The van der Waals surface area contributed by atoms with Crippen LogP contribution in [0.15, 0.2) is 46.9 Å². The van der Waals surface area contributed by atoms with Crippen LogP contribution in [0.2, 0.25) is 0 Å². The Bertz CT molecular complexity index is 810. The lowest BCUT2D eigenvalue weighted by molar-refractivity contribution is -0.120. The molecule has 0 saturated carbocycles. The van der Waals surface area contributed by atoms with Gasteiger partial charge in [0, 0.05) is 22.8 Å². The van der Waals surface area contributed by atoms with E-state index in [-0.39, 0.29) is 18.4 Å². The zero-order chi connectivity index (χ0) is 17.7. The van der Waals surface area contributed by atoms with Crippen molar-refractivity contribution in [1.82, 2.24) is 0 Å². The molecule has 2 aromatic carbocycles. The van der Waals surface area contributed by atoms with Gasteiger partial charge in [-0.3, -0.25) is 9.59 Å². The van der Waals surface area contributed by atoms with Crippen LogP contribution in [-0.2, 0) is 9.59 Å². The molecular weight excluding hydrogens is 370 g/mol. The number of carbonyl (C=O) groups excluding carboxylic acids is 2. The zero-order valence-corrected chi connectivity index (χ0v) is 14.9. The van der Waals surface area contributed by atoms with Crippen molar-refractivity contribution in [3.05, 3.63) is 58.1 Å². The molecule has 1 N–H and O–H groups in total. The summed E-state index contributed by atoms with van der Waals surface area (Å²) in [7, 11) is 0. The van der Waals surface area contributed by atoms with Crippen LogP contribution in [0.3, 0.4) is 0 Å². The summed E-state index contributed by atoms with van der Waals surface area (Å²) in [4.78, 5) is 25.5. The summed E-state index contributed by atoms with van der Waals surface area (Å²) in [5, 5.41) is 11.6. The van der Waals surface area contributed by atoms with Gasteiger partial charge in [-0.1, -0.05) is 15.9 Å². The maximum Gasteiger partial charge on any atom is 0.244 e. The van der Waals surface area contributed by atoms with E-state index in [4.69, 9.17) is 5.26 Å². The van der Waals surface area contributed by atoms with Gasteiger partial charge < -0.3 is 10.2 Å². The van der Waals surface area contributed by atoms with E-state index in [1.165, 1.54) is 11.8 Å². The van der Waals surface area contributed by atoms with E-state index in [9.17, 15) is 9.59 Å². The molecule has 2 rings (SSSR count). The Kier molecular flexibility index (Phi) is 5.72. The highest BCUT2D eigenvalue weighted by Gasteiger charge is 2.16. The number of halogens is 1. The molecule has 0 heterocycles. The van der Waals surface area contributed by atoms with Crippen LogP contribution in [0.4, 0.5) is 11.4 Å². The van der Waals surface area contributed by atoms with Crippen LogP contribution in [0, 0.1) is 18.3 Å². The molecular formula is C18H16BrN3O2. The molecule has 0 aliphatic heterocycles. The van der Waals surface area contributed by atoms with Crippen molar-refractivity contribution in [3.63, 3.8) is 0 Å². The third-order valence-electron chi connectivity index (χ3n) is 3.45. The molecule has 0 unspecified atom stereocenters. The van der Waals surface area contributed by atoms with E-state index in [2.05, 4.69) is 21.2 Å². The number of nitriles is 1. The highest BCUT2D eigenvalue weighted by atomic mass is 79.9. The minimum Gasteiger partial charge on any atom is -0.324 e. The van der Waals surface area contributed by atoms with Crippen molar-refractivity contribution < 1.29 is 9.59 Å². The maximum atomic E-state index is 12.3. The lowest BCUT2D eigenvalue weighted by atomic mass is 10.2. The van der Waals surface area contributed by atoms with Crippen molar-refractivity contribution in [1.29, 1.82) is 5.26 Å². The van der Waals surface area contributed by atoms with Gasteiger partial charge in [0.15, 0.2) is 0 Å². The molecule has 0 fully saturated rings. The first-order valence-corrected chi connectivity index (χ1v) is 8.04. The van der Waals surface area contributed by atoms with Crippen LogP contribution < -0.4 is 10.2 Å². The summed E-state index contributed by atoms with van der Waals surface area (Å²) < 4.78 is 0.931. The molecule has 2 amide bonds. The van der Waals surface area contributed by atoms with Crippen molar-refractivity contribution in [2.24, 2.45) is 0 Å². The predicted octanol–water partition coefficient (Wildman–Crippen LogP) is 3.62. The van der Waals surface area contributed by atoms with Gasteiger partial charge in [-0.05, 0) is 55.0 Å². The molecule has 0 aliphatic rings. The fourth-order valence-corrected chi connectivity index (χ4v) is 2.68. The van der Waals surface area contributed by atoms with Gasteiger partial charge in [0.1, 0.15) is 6.54 Å². The van der Waals surface area contributed by atoms with Gasteiger partial charge >= 0.3 is 0 Å². The molecule has 0 spiro atoms. The first-order valence-electron chi connectivity index (χ1n) is 7.25. The van der Waals surface area contributed by atoms with Crippen molar-refractivity contribution in [2.75, 3.05) is 16.8 Å². The smallest absolute Gasteiger partial charge is 0.244 e. The van der Waals surface area contributed by atoms with E-state index >= 15 is 0 Å². The molecule has 0 radical (unpaired) electrons. The first-order chi connectivity index (χ1) is 11.4. The summed E-state index contributed by atoms with van der Waals surface area (Å²) >= 11 is 3.38. The van der Waals surface area contributed by atoms with Crippen LogP contribution in [0.1, 0.15) is 18.1 Å². The molecule has 5 nitrogen and oxygen atoms in total. The van der Waals surface area contributed by atoms with Gasteiger partial charge in [-0.25, -0.2) is 0 Å². The van der Waals surface area contributed by atoms with E-state index in [0.29, 0.717) is 16.9 Å². The molecule has 0 aromatic heterocycles. The summed E-state index contributed by atoms with van der Waals surface area (Å²) in [6.45, 7) is 3.19. The number of aryl methyl sites for hydroxylation is 1. The van der Waals surface area contributed by atoms with Crippen molar-refractivity contribution >= 4 is 39.1 Å². The number of anilines is 2. The second kappa shape index (κ2) is 7.75. The molecule has 24 heavy (non-hydrogen) atoms. The Morgan fingerprint density at radius 1 is 1.21 bits per heavy atom. The average Bonchev–Trinajstić information content (AvgIpc) is 2.55. The van der Waals surface area contributed by atoms with E-state index in [1.807, 2.05) is 25.1 Å². The second-order valence-corrected chi connectivity index (χ2v) is 6.19. The standard InChI is InChI=1S/C18H16BrN3O2/c1-12-9-15(19)5-8-17(12)21-18(24)11-22(13(2)23)16-6-3-14(10-20)4-7-16/h3-9H,11H2,1-2H3,(H,21,24). The van der Waals surface area contributed by atoms with Gasteiger partial charge in [-0.15, -0.1) is 0 Å². The number of nitrogens with zero attached hydrogens (tertiary/aromatic N) is 2. The maximum absolute atomic E-state index is 12.3. The third kappa shape index (κ3) is 4.43. The van der Waals surface area contributed by atoms with Crippen LogP contribution >= 0.6 is 15.9 Å². The van der Waals surface area contributed by atoms with E-state index < -0.39 is 0 Å². The summed E-state index contributed by atoms with van der Waals surface area (Å²) in [6.07, 6.45) is 0. The highest BCUT2D eigenvalue weighted by molar-refractivity contribution is 9.10. The number of nitrogens with one attached hydrogen (secondary N) is 1. The molecule has 0 saturated heterocycles. The number of benzene rings is 2. The first kappa shape index (κ1) is 17.7. The largest absolute Gasteiger partial charge is 0.324 e. The fourth-order valence-electron chi connectivity index (χ4n) is 2.20. The average molecular weight is 386 g/mol. The Morgan fingerprint density at radius 3 is 2.42 bits per heavy atom. The van der Waals surface area contributed by atoms with Crippen LogP contribution in [0.5, 0.6) is 0 Å². The summed E-state index contributed by atoms with van der Waals surface area (Å²) in [5.41, 5.74) is 2.69.